The molecule has 0 aliphatic rings. The summed E-state index contributed by atoms with van der Waals surface area (Å²) < 4.78 is 37.3. The fraction of sp³-hybridized carbons (Fsp3) is 0.182. The normalized spacial score (nSPS) is 11.1. The Hall–Kier alpha value is -2.26. The van der Waals surface area contributed by atoms with E-state index in [1.165, 1.54) is 12.1 Å². The topological polar surface area (TPSA) is 64.6 Å². The summed E-state index contributed by atoms with van der Waals surface area (Å²) in [5.41, 5.74) is 2.94. The van der Waals surface area contributed by atoms with E-state index in [2.05, 4.69) is 27.9 Å². The molecular formula is C22H22INO4S. The van der Waals surface area contributed by atoms with E-state index < -0.39 is 10.1 Å². The van der Waals surface area contributed by atoms with Crippen molar-refractivity contribution in [3.63, 3.8) is 0 Å². The molecule has 0 heterocycles. The minimum atomic E-state index is -3.96. The van der Waals surface area contributed by atoms with Gasteiger partial charge in [0.25, 0.3) is 0 Å². The highest BCUT2D eigenvalue weighted by Gasteiger charge is 2.22. The summed E-state index contributed by atoms with van der Waals surface area (Å²) in [6.45, 7) is 4.72. The predicted molar refractivity (Wildman–Crippen MR) is 123 cm³/mol. The number of hydrogen-bond acceptors (Lipinski definition) is 5. The summed E-state index contributed by atoms with van der Waals surface area (Å²) in [4.78, 5) is 0.108. The first-order valence-corrected chi connectivity index (χ1v) is 11.6. The quantitative estimate of drug-likeness (QED) is 0.318. The van der Waals surface area contributed by atoms with E-state index in [0.717, 1.165) is 16.8 Å². The van der Waals surface area contributed by atoms with E-state index in [1.54, 1.807) is 12.1 Å². The SMILES string of the molecule is CCOc1cc(CNc2ccccc2)cc(I)c1OS(=O)(=O)c1ccc(C)cc1. The van der Waals surface area contributed by atoms with E-state index in [0.29, 0.717) is 22.5 Å². The number of anilines is 1. The predicted octanol–water partition coefficient (Wildman–Crippen LogP) is 5.38. The van der Waals surface area contributed by atoms with Crippen molar-refractivity contribution in [2.24, 2.45) is 0 Å². The summed E-state index contributed by atoms with van der Waals surface area (Å²) in [7, 11) is -3.96. The van der Waals surface area contributed by atoms with Crippen LogP contribution in [0.1, 0.15) is 18.1 Å². The van der Waals surface area contributed by atoms with Crippen LogP contribution in [-0.4, -0.2) is 15.0 Å². The van der Waals surface area contributed by atoms with Gasteiger partial charge >= 0.3 is 10.1 Å². The molecule has 1 N–H and O–H groups in total. The maximum Gasteiger partial charge on any atom is 0.339 e. The lowest BCUT2D eigenvalue weighted by molar-refractivity contribution is 0.326. The fourth-order valence-electron chi connectivity index (χ4n) is 2.69. The highest BCUT2D eigenvalue weighted by Crippen LogP contribution is 2.36. The second-order valence-corrected chi connectivity index (χ2v) is 9.12. The first kappa shape index (κ1) is 21.4. The maximum absolute atomic E-state index is 12.7. The number of aryl methyl sites for hydroxylation is 1. The molecule has 0 atom stereocenters. The van der Waals surface area contributed by atoms with E-state index in [-0.39, 0.29) is 10.6 Å². The van der Waals surface area contributed by atoms with Crippen LogP contribution in [0, 0.1) is 10.5 Å². The minimum absolute atomic E-state index is 0.108. The summed E-state index contributed by atoms with van der Waals surface area (Å²) in [5.74, 6) is 0.608. The number of nitrogens with one attached hydrogen (secondary N) is 1. The summed E-state index contributed by atoms with van der Waals surface area (Å²) >= 11 is 2.07. The molecule has 0 aliphatic carbocycles. The molecule has 0 fully saturated rings. The molecule has 0 aromatic heterocycles. The van der Waals surface area contributed by atoms with Gasteiger partial charge in [-0.15, -0.1) is 0 Å². The number of rotatable bonds is 8. The first-order valence-electron chi connectivity index (χ1n) is 9.14. The summed E-state index contributed by atoms with van der Waals surface area (Å²) in [6.07, 6.45) is 0. The van der Waals surface area contributed by atoms with Crippen LogP contribution in [0.5, 0.6) is 11.5 Å². The van der Waals surface area contributed by atoms with Gasteiger partial charge in [0.2, 0.25) is 0 Å². The largest absolute Gasteiger partial charge is 0.490 e. The molecule has 0 amide bonds. The number of benzene rings is 3. The number of ether oxygens (including phenoxy) is 1. The lowest BCUT2D eigenvalue weighted by Crippen LogP contribution is -2.12. The number of para-hydroxylation sites is 1. The smallest absolute Gasteiger partial charge is 0.339 e. The van der Waals surface area contributed by atoms with Crippen molar-refractivity contribution in [3.05, 3.63) is 81.4 Å². The van der Waals surface area contributed by atoms with Crippen LogP contribution in [0.25, 0.3) is 0 Å². The van der Waals surface area contributed by atoms with Crippen molar-refractivity contribution in [3.8, 4) is 11.5 Å². The monoisotopic (exact) mass is 523 g/mol. The fourth-order valence-corrected chi connectivity index (χ4v) is 4.57. The molecule has 0 spiro atoms. The zero-order valence-corrected chi connectivity index (χ0v) is 19.2. The van der Waals surface area contributed by atoms with Crippen LogP contribution < -0.4 is 14.2 Å². The van der Waals surface area contributed by atoms with Crippen LogP contribution in [0.15, 0.2) is 71.6 Å². The second kappa shape index (κ2) is 9.49. The Labute approximate surface area is 185 Å². The highest BCUT2D eigenvalue weighted by atomic mass is 127. The van der Waals surface area contributed by atoms with Crippen molar-refractivity contribution in [2.75, 3.05) is 11.9 Å². The van der Waals surface area contributed by atoms with E-state index in [1.807, 2.05) is 56.3 Å². The van der Waals surface area contributed by atoms with Gasteiger partial charge < -0.3 is 14.2 Å². The zero-order chi connectivity index (χ0) is 20.9. The molecular weight excluding hydrogens is 501 g/mol. The van der Waals surface area contributed by atoms with Gasteiger partial charge in [0.15, 0.2) is 11.5 Å². The van der Waals surface area contributed by atoms with Crippen molar-refractivity contribution in [1.29, 1.82) is 0 Å². The van der Waals surface area contributed by atoms with Gasteiger partial charge in [-0.25, -0.2) is 0 Å². The molecule has 3 aromatic rings. The van der Waals surface area contributed by atoms with Gasteiger partial charge in [-0.3, -0.25) is 0 Å². The third-order valence-corrected chi connectivity index (χ3v) is 6.18. The molecule has 152 valence electrons. The Balaban J connectivity index is 1.87. The third kappa shape index (κ3) is 5.63. The third-order valence-electron chi connectivity index (χ3n) is 4.14. The molecule has 29 heavy (non-hydrogen) atoms. The summed E-state index contributed by atoms with van der Waals surface area (Å²) in [5, 5.41) is 3.34. The van der Waals surface area contributed by atoms with Crippen LogP contribution in [-0.2, 0) is 16.7 Å². The van der Waals surface area contributed by atoms with Crippen LogP contribution >= 0.6 is 22.6 Å². The lowest BCUT2D eigenvalue weighted by Gasteiger charge is -2.16. The number of halogens is 1. The highest BCUT2D eigenvalue weighted by molar-refractivity contribution is 14.1. The van der Waals surface area contributed by atoms with Crippen LogP contribution in [0.3, 0.4) is 0 Å². The molecule has 7 heteroatoms. The van der Waals surface area contributed by atoms with Gasteiger partial charge in [-0.1, -0.05) is 35.9 Å². The first-order chi connectivity index (χ1) is 13.9. The Kier molecular flexibility index (Phi) is 7.02. The second-order valence-electron chi connectivity index (χ2n) is 6.41. The van der Waals surface area contributed by atoms with Crippen LogP contribution in [0.4, 0.5) is 5.69 Å². The molecule has 0 bridgehead atoms. The van der Waals surface area contributed by atoms with E-state index in [9.17, 15) is 8.42 Å². The van der Waals surface area contributed by atoms with Gasteiger partial charge in [-0.2, -0.15) is 8.42 Å². The van der Waals surface area contributed by atoms with E-state index in [4.69, 9.17) is 8.92 Å². The van der Waals surface area contributed by atoms with Gasteiger partial charge in [0.1, 0.15) is 4.90 Å². The van der Waals surface area contributed by atoms with Crippen molar-refractivity contribution in [2.45, 2.75) is 25.3 Å². The van der Waals surface area contributed by atoms with Gasteiger partial charge in [0.05, 0.1) is 10.2 Å². The van der Waals surface area contributed by atoms with Crippen molar-refractivity contribution in [1.82, 2.24) is 0 Å². The molecule has 0 unspecified atom stereocenters. The Morgan fingerprint density at radius 2 is 1.69 bits per heavy atom. The average Bonchev–Trinajstić information content (AvgIpc) is 2.70. The Morgan fingerprint density at radius 3 is 2.34 bits per heavy atom. The molecule has 0 radical (unpaired) electrons. The average molecular weight is 523 g/mol. The minimum Gasteiger partial charge on any atom is -0.490 e. The molecule has 5 nitrogen and oxygen atoms in total. The van der Waals surface area contributed by atoms with Crippen molar-refractivity contribution >= 4 is 38.4 Å². The lowest BCUT2D eigenvalue weighted by atomic mass is 10.2. The molecule has 0 saturated carbocycles. The Bertz CT molecular complexity index is 1070. The van der Waals surface area contributed by atoms with Crippen molar-refractivity contribution < 1.29 is 17.3 Å². The Morgan fingerprint density at radius 1 is 1.00 bits per heavy atom. The zero-order valence-electron chi connectivity index (χ0n) is 16.2. The van der Waals surface area contributed by atoms with E-state index >= 15 is 0 Å². The van der Waals surface area contributed by atoms with Gasteiger partial charge in [-0.05, 0) is 78.4 Å². The summed E-state index contributed by atoms with van der Waals surface area (Å²) in [6, 6.07) is 20.1. The molecule has 3 aromatic carbocycles. The molecule has 3 rings (SSSR count). The van der Waals surface area contributed by atoms with Gasteiger partial charge in [0, 0.05) is 12.2 Å². The number of hydrogen-bond donors (Lipinski definition) is 1. The molecule has 0 saturated heterocycles. The molecule has 0 aliphatic heterocycles. The maximum atomic E-state index is 12.7. The van der Waals surface area contributed by atoms with Crippen LogP contribution in [0.2, 0.25) is 0 Å². The standard InChI is InChI=1S/C22H22INO4S/c1-3-27-21-14-17(15-24-18-7-5-4-6-8-18)13-20(23)22(21)28-29(25,26)19-11-9-16(2)10-12-19/h4-14,24H,3,15H2,1-2H3.